The van der Waals surface area contributed by atoms with Crippen LogP contribution in [0.1, 0.15) is 22.2 Å². The molecule has 0 aliphatic carbocycles. The number of nitrogens with one attached hydrogen (secondary N) is 1. The molecular weight excluding hydrogens is 348 g/mol. The van der Waals surface area contributed by atoms with Crippen LogP contribution in [0.2, 0.25) is 0 Å². The van der Waals surface area contributed by atoms with Crippen LogP contribution >= 0.6 is 0 Å². The number of hydrogen-bond acceptors (Lipinski definition) is 6. The maximum atomic E-state index is 12.6. The lowest BCUT2D eigenvalue weighted by Crippen LogP contribution is -2.44. The molecule has 1 aliphatic rings. The molecule has 138 valence electrons. The zero-order valence-corrected chi connectivity index (χ0v) is 14.6. The van der Waals surface area contributed by atoms with E-state index in [1.807, 2.05) is 30.3 Å². The van der Waals surface area contributed by atoms with Crippen LogP contribution in [0.25, 0.3) is 5.69 Å². The highest BCUT2D eigenvalue weighted by atomic mass is 16.5. The third kappa shape index (κ3) is 3.49. The van der Waals surface area contributed by atoms with Crippen LogP contribution in [-0.4, -0.2) is 49.9 Å². The third-order valence-electron chi connectivity index (χ3n) is 4.35. The largest absolute Gasteiger partial charge is 0.377 e. The Morgan fingerprint density at radius 3 is 2.78 bits per heavy atom. The molecule has 4 rings (SSSR count). The Balaban J connectivity index is 1.51. The highest BCUT2D eigenvalue weighted by molar-refractivity contribution is 5.92. The van der Waals surface area contributed by atoms with Gasteiger partial charge < -0.3 is 10.1 Å². The van der Waals surface area contributed by atoms with E-state index in [4.69, 9.17) is 4.74 Å². The number of aryl methyl sites for hydroxylation is 1. The fraction of sp³-hybridized carbons (Fsp3) is 0.278. The average Bonchev–Trinajstić information content (AvgIpc) is 3.34. The lowest BCUT2D eigenvalue weighted by atomic mass is 10.1. The van der Waals surface area contributed by atoms with Crippen molar-refractivity contribution >= 4 is 5.91 Å². The summed E-state index contributed by atoms with van der Waals surface area (Å²) >= 11 is 0. The Kier molecular flexibility index (Phi) is 4.51. The summed E-state index contributed by atoms with van der Waals surface area (Å²) in [4.78, 5) is 26.1. The second kappa shape index (κ2) is 7.12. The van der Waals surface area contributed by atoms with Crippen molar-refractivity contribution in [3.05, 3.63) is 70.4 Å². The summed E-state index contributed by atoms with van der Waals surface area (Å²) < 4.78 is 6.84. The number of benzene rings is 1. The number of para-hydroxylation sites is 1. The van der Waals surface area contributed by atoms with E-state index >= 15 is 0 Å². The summed E-state index contributed by atoms with van der Waals surface area (Å²) in [5, 5.41) is 15.5. The molecule has 2 unspecified atom stereocenters. The molecule has 1 aliphatic heterocycles. The van der Waals surface area contributed by atoms with Crippen molar-refractivity contribution in [3.63, 3.8) is 0 Å². The van der Waals surface area contributed by atoms with E-state index in [0.29, 0.717) is 13.2 Å². The molecule has 2 atom stereocenters. The van der Waals surface area contributed by atoms with E-state index in [2.05, 4.69) is 20.6 Å². The van der Waals surface area contributed by atoms with Crippen molar-refractivity contribution < 1.29 is 9.53 Å². The van der Waals surface area contributed by atoms with Gasteiger partial charge in [0.1, 0.15) is 6.04 Å². The summed E-state index contributed by atoms with van der Waals surface area (Å²) in [7, 11) is 0. The number of ether oxygens (including phenoxy) is 1. The minimum Gasteiger partial charge on any atom is -0.377 e. The van der Waals surface area contributed by atoms with Gasteiger partial charge in [-0.05, 0) is 25.1 Å². The number of hydrogen-bond donors (Lipinski definition) is 1. The highest BCUT2D eigenvalue weighted by Crippen LogP contribution is 2.17. The summed E-state index contributed by atoms with van der Waals surface area (Å²) in [5.74, 6) is -0.376. The molecule has 2 aromatic heterocycles. The van der Waals surface area contributed by atoms with Crippen molar-refractivity contribution in [1.29, 1.82) is 0 Å². The number of carbonyl (C=O) groups is 1. The molecule has 9 heteroatoms. The topological polar surface area (TPSA) is 104 Å². The van der Waals surface area contributed by atoms with Crippen LogP contribution in [0, 0.1) is 6.92 Å². The molecule has 1 N–H and O–H groups in total. The first-order valence-electron chi connectivity index (χ1n) is 8.54. The first-order valence-corrected chi connectivity index (χ1v) is 8.54. The first kappa shape index (κ1) is 17.1. The van der Waals surface area contributed by atoms with Gasteiger partial charge in [-0.25, -0.2) is 4.68 Å². The van der Waals surface area contributed by atoms with E-state index < -0.39 is 0 Å². The fourth-order valence-electron chi connectivity index (χ4n) is 2.98. The fourth-order valence-corrected chi connectivity index (χ4v) is 2.98. The van der Waals surface area contributed by atoms with Gasteiger partial charge in [-0.1, -0.05) is 18.2 Å². The van der Waals surface area contributed by atoms with E-state index in [-0.39, 0.29) is 29.2 Å². The van der Waals surface area contributed by atoms with Crippen LogP contribution in [-0.2, 0) is 4.74 Å². The maximum absolute atomic E-state index is 12.6. The number of amides is 1. The molecular formula is C18H18N6O3. The van der Waals surface area contributed by atoms with Gasteiger partial charge in [-0.15, -0.1) is 5.10 Å². The molecule has 3 heterocycles. The van der Waals surface area contributed by atoms with E-state index in [9.17, 15) is 9.59 Å². The van der Waals surface area contributed by atoms with Crippen LogP contribution in [0.4, 0.5) is 0 Å². The standard InChI is InChI=1S/C18H18N6O3/c1-12-7-8-17(25)23(21-12)16-11-27-10-15(16)20-18(26)14-9-19-24(22-14)13-5-3-2-4-6-13/h2-9,15-16H,10-11H2,1H3,(H,20,26). The Labute approximate surface area is 154 Å². The summed E-state index contributed by atoms with van der Waals surface area (Å²) in [6.45, 7) is 2.41. The predicted octanol–water partition coefficient (Wildman–Crippen LogP) is 0.502. The monoisotopic (exact) mass is 366 g/mol. The van der Waals surface area contributed by atoms with Crippen molar-refractivity contribution in [2.75, 3.05) is 13.2 Å². The van der Waals surface area contributed by atoms with Gasteiger partial charge in [0.15, 0.2) is 5.69 Å². The van der Waals surface area contributed by atoms with Gasteiger partial charge in [-0.3, -0.25) is 9.59 Å². The Morgan fingerprint density at radius 2 is 1.96 bits per heavy atom. The number of carbonyl (C=O) groups excluding carboxylic acids is 1. The molecule has 1 aromatic carbocycles. The van der Waals surface area contributed by atoms with Crippen LogP contribution in [0.15, 0.2) is 53.5 Å². The van der Waals surface area contributed by atoms with Crippen LogP contribution in [0.3, 0.4) is 0 Å². The molecule has 0 spiro atoms. The average molecular weight is 366 g/mol. The SMILES string of the molecule is Cc1ccc(=O)n(C2COCC2NC(=O)c2cnn(-c3ccccc3)n2)n1. The van der Waals surface area contributed by atoms with Gasteiger partial charge >= 0.3 is 0 Å². The molecule has 1 amide bonds. The van der Waals surface area contributed by atoms with E-state index in [1.165, 1.54) is 21.7 Å². The van der Waals surface area contributed by atoms with Crippen LogP contribution in [0.5, 0.6) is 0 Å². The van der Waals surface area contributed by atoms with Gasteiger partial charge in [0.05, 0.1) is 36.8 Å². The van der Waals surface area contributed by atoms with Gasteiger partial charge in [-0.2, -0.15) is 15.0 Å². The van der Waals surface area contributed by atoms with Crippen molar-refractivity contribution in [1.82, 2.24) is 30.1 Å². The highest BCUT2D eigenvalue weighted by Gasteiger charge is 2.33. The molecule has 3 aromatic rings. The summed E-state index contributed by atoms with van der Waals surface area (Å²) in [5.41, 5.74) is 1.44. The van der Waals surface area contributed by atoms with Crippen molar-refractivity contribution in [3.8, 4) is 5.69 Å². The number of aromatic nitrogens is 5. The Bertz CT molecular complexity index is 1010. The predicted molar refractivity (Wildman–Crippen MR) is 95.7 cm³/mol. The lowest BCUT2D eigenvalue weighted by Gasteiger charge is -2.19. The molecule has 0 saturated carbocycles. The minimum atomic E-state index is -0.383. The van der Waals surface area contributed by atoms with Crippen LogP contribution < -0.4 is 10.9 Å². The van der Waals surface area contributed by atoms with E-state index in [1.54, 1.807) is 13.0 Å². The molecule has 0 bridgehead atoms. The van der Waals surface area contributed by atoms with E-state index in [0.717, 1.165) is 11.4 Å². The second-order valence-corrected chi connectivity index (χ2v) is 6.30. The molecule has 0 radical (unpaired) electrons. The van der Waals surface area contributed by atoms with Crippen molar-refractivity contribution in [2.24, 2.45) is 0 Å². The normalized spacial score (nSPS) is 19.1. The zero-order chi connectivity index (χ0) is 18.8. The first-order chi connectivity index (χ1) is 13.1. The zero-order valence-electron chi connectivity index (χ0n) is 14.6. The minimum absolute atomic E-state index is 0.189. The molecule has 1 fully saturated rings. The van der Waals surface area contributed by atoms with Gasteiger partial charge in [0.25, 0.3) is 11.5 Å². The number of rotatable bonds is 4. The summed E-state index contributed by atoms with van der Waals surface area (Å²) in [6.07, 6.45) is 1.41. The van der Waals surface area contributed by atoms with Gasteiger partial charge in [0, 0.05) is 6.07 Å². The van der Waals surface area contributed by atoms with Gasteiger partial charge in [0.2, 0.25) is 0 Å². The maximum Gasteiger partial charge on any atom is 0.273 e. The Morgan fingerprint density at radius 1 is 1.15 bits per heavy atom. The number of nitrogens with zero attached hydrogens (tertiary/aromatic N) is 5. The summed E-state index contributed by atoms with van der Waals surface area (Å²) in [6, 6.07) is 11.7. The van der Waals surface area contributed by atoms with Crippen molar-refractivity contribution in [2.45, 2.75) is 19.0 Å². The quantitative estimate of drug-likeness (QED) is 0.721. The Hall–Kier alpha value is -3.33. The molecule has 1 saturated heterocycles. The second-order valence-electron chi connectivity index (χ2n) is 6.30. The third-order valence-corrected chi connectivity index (χ3v) is 4.35. The molecule has 27 heavy (non-hydrogen) atoms. The molecule has 9 nitrogen and oxygen atoms in total. The smallest absolute Gasteiger partial charge is 0.273 e. The lowest BCUT2D eigenvalue weighted by molar-refractivity contribution is 0.0919.